The van der Waals surface area contributed by atoms with Crippen LogP contribution in [0.25, 0.3) is 0 Å². The van der Waals surface area contributed by atoms with Crippen LogP contribution in [0.5, 0.6) is 5.75 Å². The minimum Gasteiger partial charge on any atom is -0.403 e. The first-order chi connectivity index (χ1) is 16.8. The predicted octanol–water partition coefficient (Wildman–Crippen LogP) is 9.61. The first-order valence-corrected chi connectivity index (χ1v) is 13.6. The molecule has 0 atom stereocenters. The van der Waals surface area contributed by atoms with Crippen LogP contribution in [0, 0.1) is 41.3 Å². The molecule has 194 valence electrons. The van der Waals surface area contributed by atoms with E-state index in [1.807, 2.05) is 0 Å². The monoisotopic (exact) mass is 492 g/mol. The molecule has 0 spiro atoms. The van der Waals surface area contributed by atoms with Gasteiger partial charge in [0.1, 0.15) is 0 Å². The van der Waals surface area contributed by atoms with Gasteiger partial charge in [-0.1, -0.05) is 89.0 Å². The van der Waals surface area contributed by atoms with Crippen molar-refractivity contribution in [1.82, 2.24) is 0 Å². The van der Waals surface area contributed by atoms with E-state index in [9.17, 15) is 17.6 Å². The molecule has 2 aliphatic carbocycles. The van der Waals surface area contributed by atoms with Crippen LogP contribution >= 0.6 is 0 Å². The third-order valence-corrected chi connectivity index (χ3v) is 7.88. The first-order valence-electron chi connectivity index (χ1n) is 13.6. The second kappa shape index (κ2) is 14.0. The number of alkyl halides is 3. The van der Waals surface area contributed by atoms with Crippen molar-refractivity contribution in [3.63, 3.8) is 0 Å². The molecular weight excluding hydrogens is 452 g/mol. The van der Waals surface area contributed by atoms with E-state index in [-0.39, 0.29) is 0 Å². The summed E-state index contributed by atoms with van der Waals surface area (Å²) in [5.74, 6) is 7.07. The van der Waals surface area contributed by atoms with Crippen LogP contribution in [0.15, 0.2) is 30.4 Å². The summed E-state index contributed by atoms with van der Waals surface area (Å²) in [5, 5.41) is 0. The van der Waals surface area contributed by atoms with Gasteiger partial charge in [0.15, 0.2) is 11.6 Å². The van der Waals surface area contributed by atoms with Crippen LogP contribution in [-0.2, 0) is 0 Å². The second-order valence-corrected chi connectivity index (χ2v) is 10.6. The zero-order chi connectivity index (χ0) is 25.1. The molecule has 0 aliphatic heterocycles. The summed E-state index contributed by atoms with van der Waals surface area (Å²) in [6.07, 6.45) is 18.1. The summed E-state index contributed by atoms with van der Waals surface area (Å²) in [6.45, 7) is 2.28. The van der Waals surface area contributed by atoms with E-state index in [4.69, 9.17) is 0 Å². The highest BCUT2D eigenvalue weighted by atomic mass is 19.4. The lowest BCUT2D eigenvalue weighted by Gasteiger charge is -2.31. The molecule has 0 amide bonds. The van der Waals surface area contributed by atoms with Crippen molar-refractivity contribution in [3.8, 4) is 17.6 Å². The molecule has 1 aromatic carbocycles. The maximum absolute atomic E-state index is 13.8. The van der Waals surface area contributed by atoms with Gasteiger partial charge in [0.2, 0.25) is 0 Å². The number of rotatable bonds is 9. The molecule has 0 unspecified atom stereocenters. The molecule has 2 saturated carbocycles. The molecule has 2 aliphatic rings. The van der Waals surface area contributed by atoms with Crippen molar-refractivity contribution >= 4 is 0 Å². The number of unbranched alkanes of at least 4 members (excludes halogenated alkanes) is 2. The summed E-state index contributed by atoms with van der Waals surface area (Å²) < 4.78 is 54.1. The Morgan fingerprint density at radius 3 is 2.06 bits per heavy atom. The standard InChI is InChI=1S/C30H40F4O/c1-2-3-4-7-23-10-14-25(15-11-23)18-19-26-16-12-24(13-17-26)8-5-6-9-27-20-21-29(28(31)22-27)35-30(32,33)34/h5,8,20-26H,2-4,7,10-19H2,1H3/b8-5+/t23-,24?,25-,26?. The van der Waals surface area contributed by atoms with E-state index >= 15 is 0 Å². The van der Waals surface area contributed by atoms with Gasteiger partial charge in [-0.25, -0.2) is 4.39 Å². The Bertz CT molecular complexity index is 847. The Morgan fingerprint density at radius 2 is 1.49 bits per heavy atom. The van der Waals surface area contributed by atoms with E-state index in [1.165, 1.54) is 96.0 Å². The van der Waals surface area contributed by atoms with Crippen molar-refractivity contribution < 1.29 is 22.3 Å². The van der Waals surface area contributed by atoms with Gasteiger partial charge in [0, 0.05) is 5.56 Å². The lowest BCUT2D eigenvalue weighted by atomic mass is 9.75. The maximum Gasteiger partial charge on any atom is 0.573 e. The zero-order valence-corrected chi connectivity index (χ0v) is 21.0. The second-order valence-electron chi connectivity index (χ2n) is 10.6. The molecule has 0 bridgehead atoms. The molecule has 0 radical (unpaired) electrons. The number of halogens is 4. The average Bonchev–Trinajstić information content (AvgIpc) is 2.83. The summed E-state index contributed by atoms with van der Waals surface area (Å²) >= 11 is 0. The fourth-order valence-corrected chi connectivity index (χ4v) is 5.73. The van der Waals surface area contributed by atoms with Crippen LogP contribution in [0.1, 0.15) is 102 Å². The zero-order valence-electron chi connectivity index (χ0n) is 21.0. The maximum atomic E-state index is 13.8. The summed E-state index contributed by atoms with van der Waals surface area (Å²) in [4.78, 5) is 0. The molecular formula is C30H40F4O. The first kappa shape index (κ1) is 27.6. The average molecular weight is 493 g/mol. The Labute approximate surface area is 208 Å². The molecule has 0 saturated heterocycles. The number of ether oxygens (including phenoxy) is 1. The lowest BCUT2D eigenvalue weighted by Crippen LogP contribution is -2.17. The van der Waals surface area contributed by atoms with E-state index in [2.05, 4.69) is 29.6 Å². The van der Waals surface area contributed by atoms with Crippen LogP contribution in [0.4, 0.5) is 17.6 Å². The normalized spacial score (nSPS) is 25.3. The third-order valence-electron chi connectivity index (χ3n) is 7.88. The van der Waals surface area contributed by atoms with Gasteiger partial charge in [-0.05, 0) is 73.6 Å². The topological polar surface area (TPSA) is 9.23 Å². The summed E-state index contributed by atoms with van der Waals surface area (Å²) in [5.41, 5.74) is 0.320. The smallest absolute Gasteiger partial charge is 0.403 e. The Balaban J connectivity index is 1.32. The SMILES string of the molecule is CCCCC[C@H]1CC[C@H](CCC2CCC(/C=C/C#Cc3ccc(OC(F)(F)F)c(F)c3)CC2)CC1. The molecule has 1 nitrogen and oxygen atoms in total. The van der Waals surface area contributed by atoms with E-state index < -0.39 is 17.9 Å². The molecule has 35 heavy (non-hydrogen) atoms. The molecule has 3 rings (SSSR count). The quantitative estimate of drug-likeness (QED) is 0.189. The highest BCUT2D eigenvalue weighted by molar-refractivity contribution is 5.41. The number of benzene rings is 1. The van der Waals surface area contributed by atoms with Gasteiger partial charge in [-0.2, -0.15) is 0 Å². The minimum absolute atomic E-state index is 0.320. The highest BCUT2D eigenvalue weighted by Crippen LogP contribution is 2.38. The molecule has 0 N–H and O–H groups in total. The van der Waals surface area contributed by atoms with Crippen molar-refractivity contribution in [2.45, 2.75) is 103 Å². The Morgan fingerprint density at radius 1 is 0.886 bits per heavy atom. The predicted molar refractivity (Wildman–Crippen MR) is 133 cm³/mol. The molecule has 5 heteroatoms. The van der Waals surface area contributed by atoms with Gasteiger partial charge < -0.3 is 4.74 Å². The van der Waals surface area contributed by atoms with Crippen LogP contribution in [-0.4, -0.2) is 6.36 Å². The van der Waals surface area contributed by atoms with E-state index in [1.54, 1.807) is 6.08 Å². The highest BCUT2D eigenvalue weighted by Gasteiger charge is 2.32. The number of hydrogen-bond donors (Lipinski definition) is 0. The molecule has 0 heterocycles. The number of allylic oxidation sites excluding steroid dienone is 2. The van der Waals surface area contributed by atoms with Gasteiger partial charge in [-0.15, -0.1) is 13.2 Å². The molecule has 2 fully saturated rings. The van der Waals surface area contributed by atoms with Crippen molar-refractivity contribution in [3.05, 3.63) is 41.7 Å². The van der Waals surface area contributed by atoms with Crippen LogP contribution in [0.2, 0.25) is 0 Å². The van der Waals surface area contributed by atoms with Gasteiger partial charge in [0.05, 0.1) is 0 Å². The van der Waals surface area contributed by atoms with Crippen molar-refractivity contribution in [2.24, 2.45) is 23.7 Å². The van der Waals surface area contributed by atoms with Gasteiger partial charge in [0.25, 0.3) is 0 Å². The van der Waals surface area contributed by atoms with Gasteiger partial charge in [-0.3, -0.25) is 0 Å². The fraction of sp³-hybridized carbons (Fsp3) is 0.667. The van der Waals surface area contributed by atoms with Crippen LogP contribution in [0.3, 0.4) is 0 Å². The minimum atomic E-state index is -4.91. The molecule has 1 aromatic rings. The molecule has 0 aromatic heterocycles. The van der Waals surface area contributed by atoms with E-state index in [0.717, 1.165) is 29.9 Å². The van der Waals surface area contributed by atoms with Crippen molar-refractivity contribution in [2.75, 3.05) is 0 Å². The summed E-state index contributed by atoms with van der Waals surface area (Å²) in [6, 6.07) is 3.25. The Hall–Kier alpha value is -1.96. The van der Waals surface area contributed by atoms with E-state index in [0.29, 0.717) is 11.5 Å². The lowest BCUT2D eigenvalue weighted by molar-refractivity contribution is -0.275. The number of hydrogen-bond acceptors (Lipinski definition) is 1. The van der Waals surface area contributed by atoms with Crippen LogP contribution < -0.4 is 4.74 Å². The van der Waals surface area contributed by atoms with Crippen molar-refractivity contribution in [1.29, 1.82) is 0 Å². The fourth-order valence-electron chi connectivity index (χ4n) is 5.73. The van der Waals surface area contributed by atoms with Gasteiger partial charge >= 0.3 is 6.36 Å². The third kappa shape index (κ3) is 10.3. The Kier molecular flexibility index (Phi) is 11.0. The largest absolute Gasteiger partial charge is 0.573 e. The summed E-state index contributed by atoms with van der Waals surface area (Å²) in [7, 11) is 0.